The topological polar surface area (TPSA) is 120 Å². The van der Waals surface area contributed by atoms with Crippen LogP contribution in [0.3, 0.4) is 0 Å². The second kappa shape index (κ2) is 15.7. The monoisotopic (exact) mass is 651 g/mol. The Bertz CT molecular complexity index is 1330. The molecule has 1 aliphatic rings. The third-order valence-corrected chi connectivity index (χ3v) is 8.92. The molecule has 2 aromatic rings. The Kier molecular flexibility index (Phi) is 12.7. The summed E-state index contributed by atoms with van der Waals surface area (Å²) in [6, 6.07) is 13.6. The van der Waals surface area contributed by atoms with E-state index in [0.717, 1.165) is 16.6 Å². The first-order valence-corrected chi connectivity index (χ1v) is 16.7. The van der Waals surface area contributed by atoms with Gasteiger partial charge in [0.1, 0.15) is 17.4 Å². The Morgan fingerprint density at radius 2 is 1.43 bits per heavy atom. The lowest BCUT2D eigenvalue weighted by Gasteiger charge is -2.32. The van der Waals surface area contributed by atoms with Gasteiger partial charge in [0.15, 0.2) is 0 Å². The molecule has 0 radical (unpaired) electrons. The first-order chi connectivity index (χ1) is 21.8. The highest BCUT2D eigenvalue weighted by Gasteiger charge is 2.51. The van der Waals surface area contributed by atoms with E-state index in [1.807, 2.05) is 77.9 Å². The van der Waals surface area contributed by atoms with Crippen LogP contribution >= 0.6 is 0 Å². The summed E-state index contributed by atoms with van der Waals surface area (Å²) in [4.78, 5) is 40.6. The van der Waals surface area contributed by atoms with Crippen molar-refractivity contribution >= 4 is 30.4 Å². The maximum Gasteiger partial charge on any atom is 0.494 e. The number of rotatable bonds is 14. The highest BCUT2D eigenvalue weighted by molar-refractivity contribution is 6.62. The molecular weight excluding hydrogens is 597 g/mol. The van der Waals surface area contributed by atoms with Gasteiger partial charge in [-0.15, -0.1) is 0 Å². The fourth-order valence-electron chi connectivity index (χ4n) is 5.65. The number of hydrogen-bond acceptors (Lipinski definition) is 8. The second-order valence-electron chi connectivity index (χ2n) is 15.1. The molecule has 10 heteroatoms. The number of carbonyl (C=O) groups excluding carboxylic acids is 3. The predicted molar refractivity (Wildman–Crippen MR) is 183 cm³/mol. The number of esters is 2. The number of benzene rings is 2. The summed E-state index contributed by atoms with van der Waals surface area (Å²) < 4.78 is 23.2. The van der Waals surface area contributed by atoms with Crippen LogP contribution in [0, 0.1) is 17.8 Å². The van der Waals surface area contributed by atoms with E-state index in [1.165, 1.54) is 7.11 Å². The smallest absolute Gasteiger partial charge is 0.494 e. The van der Waals surface area contributed by atoms with Gasteiger partial charge in [0.2, 0.25) is 5.91 Å². The van der Waals surface area contributed by atoms with E-state index >= 15 is 0 Å². The van der Waals surface area contributed by atoms with Gasteiger partial charge in [-0.1, -0.05) is 50.2 Å². The van der Waals surface area contributed by atoms with Gasteiger partial charge in [-0.25, -0.2) is 4.79 Å². The molecule has 1 amide bonds. The maximum absolute atomic E-state index is 14.0. The number of nitrogens with one attached hydrogen (secondary N) is 1. The largest absolute Gasteiger partial charge is 0.508 e. The normalized spacial score (nSPS) is 17.6. The van der Waals surface area contributed by atoms with E-state index in [0.29, 0.717) is 25.7 Å². The Hall–Kier alpha value is -3.37. The predicted octanol–water partition coefficient (Wildman–Crippen LogP) is 5.53. The van der Waals surface area contributed by atoms with E-state index in [2.05, 4.69) is 5.32 Å². The van der Waals surface area contributed by atoms with Crippen LogP contribution in [0.5, 0.6) is 5.75 Å². The van der Waals surface area contributed by atoms with Crippen LogP contribution < -0.4 is 10.8 Å². The summed E-state index contributed by atoms with van der Waals surface area (Å²) in [7, 11) is 0.780. The molecule has 1 heterocycles. The number of phenolic OH excluding ortho intramolecular Hbond substituents is 1. The van der Waals surface area contributed by atoms with Crippen LogP contribution in [-0.4, -0.2) is 60.0 Å². The molecule has 0 aliphatic carbocycles. The Balaban J connectivity index is 1.80. The molecule has 0 bridgehead atoms. The van der Waals surface area contributed by atoms with Gasteiger partial charge in [0.25, 0.3) is 0 Å². The highest BCUT2D eigenvalue weighted by Crippen LogP contribution is 2.36. The van der Waals surface area contributed by atoms with E-state index < -0.39 is 53.7 Å². The fourth-order valence-corrected chi connectivity index (χ4v) is 5.65. The summed E-state index contributed by atoms with van der Waals surface area (Å²) in [6.45, 7) is 17.4. The summed E-state index contributed by atoms with van der Waals surface area (Å²) in [6.07, 6.45) is 2.36. The van der Waals surface area contributed by atoms with Gasteiger partial charge >= 0.3 is 19.1 Å². The molecule has 9 nitrogen and oxygen atoms in total. The number of aryl methyl sites for hydroxylation is 1. The standard InChI is InChI=1S/C37H54BNO8/c1-24(2)22-30(29(33(42)45-35(3,4)5)13-11-12-25-16-20-28(40)21-17-25)32(41)39-31(34(43)44-10)23-26-14-18-27(19-15-26)38-46-36(6,7)37(8,9)47-38/h14-21,24,29-31,40H,11-13,22-23H2,1-10H3,(H,39,41)/t29-,30+,31-/m0/s1. The minimum atomic E-state index is -0.957. The van der Waals surface area contributed by atoms with Gasteiger partial charge in [-0.2, -0.15) is 0 Å². The van der Waals surface area contributed by atoms with Crippen molar-refractivity contribution in [3.63, 3.8) is 0 Å². The van der Waals surface area contributed by atoms with Gasteiger partial charge in [0, 0.05) is 6.42 Å². The number of amides is 1. The van der Waals surface area contributed by atoms with Gasteiger partial charge in [-0.3, -0.25) is 9.59 Å². The van der Waals surface area contributed by atoms with Crippen LogP contribution in [0.25, 0.3) is 0 Å². The number of carbonyl (C=O) groups is 3. The number of hydrogen-bond donors (Lipinski definition) is 2. The molecule has 2 aromatic carbocycles. The molecule has 0 saturated carbocycles. The zero-order valence-electron chi connectivity index (χ0n) is 29.8. The number of phenols is 1. The molecule has 258 valence electrons. The highest BCUT2D eigenvalue weighted by atomic mass is 16.7. The van der Waals surface area contributed by atoms with Crippen LogP contribution in [-0.2, 0) is 46.0 Å². The molecule has 3 atom stereocenters. The lowest BCUT2D eigenvalue weighted by atomic mass is 9.78. The molecule has 1 saturated heterocycles. The van der Waals surface area contributed by atoms with Crippen molar-refractivity contribution in [1.82, 2.24) is 5.32 Å². The van der Waals surface area contributed by atoms with Crippen molar-refractivity contribution in [2.75, 3.05) is 7.11 Å². The summed E-state index contributed by atoms with van der Waals surface area (Å²) in [5.41, 5.74) is 1.03. The van der Waals surface area contributed by atoms with Gasteiger partial charge in [-0.05, 0) is 109 Å². The van der Waals surface area contributed by atoms with Crippen molar-refractivity contribution in [1.29, 1.82) is 0 Å². The average molecular weight is 652 g/mol. The molecule has 3 rings (SSSR count). The van der Waals surface area contributed by atoms with Gasteiger partial charge < -0.3 is 29.2 Å². The first-order valence-electron chi connectivity index (χ1n) is 16.7. The van der Waals surface area contributed by atoms with E-state index in [9.17, 15) is 19.5 Å². The van der Waals surface area contributed by atoms with E-state index in [1.54, 1.807) is 32.9 Å². The fraction of sp³-hybridized carbons (Fsp3) is 0.595. The van der Waals surface area contributed by atoms with Crippen molar-refractivity contribution in [2.24, 2.45) is 17.8 Å². The molecule has 1 aliphatic heterocycles. The molecule has 2 N–H and O–H groups in total. The second-order valence-corrected chi connectivity index (χ2v) is 15.1. The summed E-state index contributed by atoms with van der Waals surface area (Å²) in [5, 5.41) is 12.6. The van der Waals surface area contributed by atoms with Crippen LogP contribution in [0.2, 0.25) is 0 Å². The third kappa shape index (κ3) is 10.8. The lowest BCUT2D eigenvalue weighted by molar-refractivity contribution is -0.164. The van der Waals surface area contributed by atoms with Gasteiger partial charge in [0.05, 0.1) is 30.1 Å². The zero-order chi connectivity index (χ0) is 35.2. The Morgan fingerprint density at radius 3 is 1.94 bits per heavy atom. The SMILES string of the molecule is COC(=O)[C@H](Cc1ccc(B2OC(C)(C)C(C)(C)O2)cc1)NC(=O)[C@H](CC(C)C)[C@H](CCCc1ccc(O)cc1)C(=O)OC(C)(C)C. The summed E-state index contributed by atoms with van der Waals surface area (Å²) >= 11 is 0. The molecular formula is C37H54BNO8. The molecule has 1 fully saturated rings. The number of methoxy groups -OCH3 is 1. The van der Waals surface area contributed by atoms with E-state index in [4.69, 9.17) is 18.8 Å². The van der Waals surface area contributed by atoms with E-state index in [-0.39, 0.29) is 24.0 Å². The lowest BCUT2D eigenvalue weighted by Crippen LogP contribution is -2.48. The minimum absolute atomic E-state index is 0.104. The van der Waals surface area contributed by atoms with Crippen molar-refractivity contribution in [2.45, 2.75) is 117 Å². The van der Waals surface area contributed by atoms with Crippen LogP contribution in [0.4, 0.5) is 0 Å². The van der Waals surface area contributed by atoms with Crippen molar-refractivity contribution < 1.29 is 38.3 Å². The zero-order valence-corrected chi connectivity index (χ0v) is 29.8. The van der Waals surface area contributed by atoms with Crippen LogP contribution in [0.1, 0.15) is 92.7 Å². The quantitative estimate of drug-likeness (QED) is 0.202. The maximum atomic E-state index is 14.0. The van der Waals surface area contributed by atoms with Crippen molar-refractivity contribution in [3.8, 4) is 5.75 Å². The molecule has 0 unspecified atom stereocenters. The number of aromatic hydroxyl groups is 1. The molecule has 0 aromatic heterocycles. The molecule has 0 spiro atoms. The average Bonchev–Trinajstić information content (AvgIpc) is 3.19. The minimum Gasteiger partial charge on any atom is -0.508 e. The first kappa shape index (κ1) is 38.1. The summed E-state index contributed by atoms with van der Waals surface area (Å²) in [5.74, 6) is -2.53. The Labute approximate surface area is 281 Å². The molecule has 47 heavy (non-hydrogen) atoms. The third-order valence-electron chi connectivity index (χ3n) is 8.92. The Morgan fingerprint density at radius 1 is 0.872 bits per heavy atom. The van der Waals surface area contributed by atoms with Crippen molar-refractivity contribution in [3.05, 3.63) is 59.7 Å². The number of ether oxygens (including phenoxy) is 2. The van der Waals surface area contributed by atoms with Crippen LogP contribution in [0.15, 0.2) is 48.5 Å².